The Labute approximate surface area is 133 Å². The number of nitrogens with one attached hydrogen (secondary N) is 1. The summed E-state index contributed by atoms with van der Waals surface area (Å²) < 4.78 is 5.14. The summed E-state index contributed by atoms with van der Waals surface area (Å²) in [6, 6.07) is 10.1. The van der Waals surface area contributed by atoms with E-state index in [9.17, 15) is 9.59 Å². The van der Waals surface area contributed by atoms with E-state index in [0.717, 1.165) is 5.56 Å². The van der Waals surface area contributed by atoms with Crippen molar-refractivity contribution in [1.29, 1.82) is 0 Å². The van der Waals surface area contributed by atoms with Crippen molar-refractivity contribution in [3.05, 3.63) is 58.7 Å². The summed E-state index contributed by atoms with van der Waals surface area (Å²) >= 11 is 5.72. The normalized spacial score (nSPS) is 11.6. The highest BCUT2D eigenvalue weighted by Crippen LogP contribution is 2.11. The summed E-state index contributed by atoms with van der Waals surface area (Å²) in [7, 11) is 0. The third-order valence-corrected chi connectivity index (χ3v) is 3.11. The second-order valence-electron chi connectivity index (χ2n) is 4.77. The molecule has 0 aliphatic rings. The number of carbonyl (C=O) groups excluding carboxylic acids is 2. The molecule has 1 N–H and O–H groups in total. The molecule has 1 atom stereocenters. The number of rotatable bonds is 4. The summed E-state index contributed by atoms with van der Waals surface area (Å²) in [6.45, 7) is 3.37. The highest BCUT2D eigenvalue weighted by Gasteiger charge is 2.19. The van der Waals surface area contributed by atoms with Crippen molar-refractivity contribution in [3.63, 3.8) is 0 Å². The standard InChI is InChI=1S/C16H15ClN2O3/c1-10-4-3-5-12(8-10)16(21)22-11(2)15(20)19-14-7-6-13(17)9-18-14/h3-9,11H,1-2H3,(H,18,19,20)/t11-/m0/s1. The van der Waals surface area contributed by atoms with Crippen LogP contribution in [0.5, 0.6) is 0 Å². The highest BCUT2D eigenvalue weighted by molar-refractivity contribution is 6.30. The lowest BCUT2D eigenvalue weighted by atomic mass is 10.1. The van der Waals surface area contributed by atoms with Crippen LogP contribution in [0.2, 0.25) is 5.02 Å². The van der Waals surface area contributed by atoms with Gasteiger partial charge in [0.2, 0.25) is 0 Å². The van der Waals surface area contributed by atoms with Crippen molar-refractivity contribution in [1.82, 2.24) is 4.98 Å². The minimum atomic E-state index is -0.939. The van der Waals surface area contributed by atoms with Gasteiger partial charge in [0.25, 0.3) is 5.91 Å². The number of pyridine rings is 1. The zero-order chi connectivity index (χ0) is 16.1. The smallest absolute Gasteiger partial charge is 0.338 e. The summed E-state index contributed by atoms with van der Waals surface area (Å²) in [6.07, 6.45) is 0.478. The zero-order valence-corrected chi connectivity index (χ0v) is 12.9. The topological polar surface area (TPSA) is 68.3 Å². The predicted octanol–water partition coefficient (Wildman–Crippen LogP) is 3.23. The van der Waals surface area contributed by atoms with Crippen molar-refractivity contribution in [2.45, 2.75) is 20.0 Å². The number of carbonyl (C=O) groups is 2. The van der Waals surface area contributed by atoms with Crippen LogP contribution >= 0.6 is 11.6 Å². The van der Waals surface area contributed by atoms with Crippen LogP contribution in [-0.2, 0) is 9.53 Å². The Morgan fingerprint density at radius 1 is 1.27 bits per heavy atom. The maximum absolute atomic E-state index is 12.0. The minimum absolute atomic E-state index is 0.341. The van der Waals surface area contributed by atoms with Crippen molar-refractivity contribution < 1.29 is 14.3 Å². The number of halogens is 1. The summed E-state index contributed by atoms with van der Waals surface area (Å²) in [5.41, 5.74) is 1.35. The fraction of sp³-hybridized carbons (Fsp3) is 0.188. The van der Waals surface area contributed by atoms with Gasteiger partial charge < -0.3 is 10.1 Å². The first kappa shape index (κ1) is 16.0. The first-order valence-corrected chi connectivity index (χ1v) is 7.03. The molecule has 2 aromatic rings. The molecule has 0 unspecified atom stereocenters. The van der Waals surface area contributed by atoms with E-state index in [2.05, 4.69) is 10.3 Å². The number of hydrogen-bond acceptors (Lipinski definition) is 4. The van der Waals surface area contributed by atoms with E-state index in [1.807, 2.05) is 13.0 Å². The van der Waals surface area contributed by atoms with Crippen LogP contribution in [0.4, 0.5) is 5.82 Å². The first-order valence-electron chi connectivity index (χ1n) is 6.66. The molecule has 2 rings (SSSR count). The first-order chi connectivity index (χ1) is 10.5. The third-order valence-electron chi connectivity index (χ3n) is 2.89. The monoisotopic (exact) mass is 318 g/mol. The maximum atomic E-state index is 12.0. The van der Waals surface area contributed by atoms with Gasteiger partial charge in [0.05, 0.1) is 10.6 Å². The average molecular weight is 319 g/mol. The number of ether oxygens (including phenoxy) is 1. The summed E-state index contributed by atoms with van der Waals surface area (Å²) in [5, 5.41) is 3.02. The Morgan fingerprint density at radius 3 is 2.68 bits per heavy atom. The van der Waals surface area contributed by atoms with Gasteiger partial charge in [0.15, 0.2) is 6.10 Å². The molecule has 1 aromatic heterocycles. The quantitative estimate of drug-likeness (QED) is 0.879. The number of anilines is 1. The number of nitrogens with zero attached hydrogens (tertiary/aromatic N) is 1. The number of amides is 1. The van der Waals surface area contributed by atoms with Crippen molar-refractivity contribution >= 4 is 29.3 Å². The van der Waals surface area contributed by atoms with Gasteiger partial charge in [-0.25, -0.2) is 9.78 Å². The molecule has 114 valence electrons. The van der Waals surface area contributed by atoms with Gasteiger partial charge in [-0.05, 0) is 38.1 Å². The molecule has 6 heteroatoms. The number of benzene rings is 1. The molecule has 0 bridgehead atoms. The van der Waals surface area contributed by atoms with Crippen LogP contribution in [-0.4, -0.2) is 23.0 Å². The molecule has 0 saturated carbocycles. The van der Waals surface area contributed by atoms with E-state index in [0.29, 0.717) is 16.4 Å². The lowest BCUT2D eigenvalue weighted by Crippen LogP contribution is -2.30. The Kier molecular flexibility index (Phi) is 5.12. The summed E-state index contributed by atoms with van der Waals surface area (Å²) in [4.78, 5) is 27.9. The van der Waals surface area contributed by atoms with Gasteiger partial charge in [0.1, 0.15) is 5.82 Å². The molecule has 0 aliphatic carbocycles. The van der Waals surface area contributed by atoms with Crippen molar-refractivity contribution in [2.75, 3.05) is 5.32 Å². The van der Waals surface area contributed by atoms with E-state index >= 15 is 0 Å². The molecule has 1 amide bonds. The molecule has 0 fully saturated rings. The largest absolute Gasteiger partial charge is 0.449 e. The molecule has 0 saturated heterocycles. The van der Waals surface area contributed by atoms with Crippen LogP contribution < -0.4 is 5.32 Å². The Morgan fingerprint density at radius 2 is 2.05 bits per heavy atom. The number of aromatic nitrogens is 1. The lowest BCUT2D eigenvalue weighted by Gasteiger charge is -2.13. The predicted molar refractivity (Wildman–Crippen MR) is 83.9 cm³/mol. The van der Waals surface area contributed by atoms with Gasteiger partial charge in [-0.15, -0.1) is 0 Å². The van der Waals surface area contributed by atoms with Gasteiger partial charge >= 0.3 is 5.97 Å². The maximum Gasteiger partial charge on any atom is 0.338 e. The molecular formula is C16H15ClN2O3. The van der Waals surface area contributed by atoms with Crippen molar-refractivity contribution in [3.8, 4) is 0 Å². The molecular weight excluding hydrogens is 304 g/mol. The highest BCUT2D eigenvalue weighted by atomic mass is 35.5. The number of aryl methyl sites for hydroxylation is 1. The van der Waals surface area contributed by atoms with Crippen molar-refractivity contribution in [2.24, 2.45) is 0 Å². The molecule has 0 aliphatic heterocycles. The Balaban J connectivity index is 1.96. The average Bonchev–Trinajstić information content (AvgIpc) is 2.49. The van der Waals surface area contributed by atoms with Gasteiger partial charge in [-0.1, -0.05) is 29.3 Å². The van der Waals surface area contributed by atoms with E-state index < -0.39 is 18.0 Å². The van der Waals surface area contributed by atoms with Gasteiger partial charge in [-0.3, -0.25) is 4.79 Å². The van der Waals surface area contributed by atoms with Crippen LogP contribution in [0.3, 0.4) is 0 Å². The Bertz CT molecular complexity index is 686. The van der Waals surface area contributed by atoms with E-state index in [1.54, 1.807) is 30.3 Å². The van der Waals surface area contributed by atoms with Gasteiger partial charge in [0, 0.05) is 6.20 Å². The fourth-order valence-corrected chi connectivity index (χ4v) is 1.84. The van der Waals surface area contributed by atoms with E-state index in [1.165, 1.54) is 13.1 Å². The molecule has 1 aromatic carbocycles. The van der Waals surface area contributed by atoms with Crippen LogP contribution in [0.1, 0.15) is 22.8 Å². The van der Waals surface area contributed by atoms with Crippen LogP contribution in [0.15, 0.2) is 42.6 Å². The van der Waals surface area contributed by atoms with E-state index in [-0.39, 0.29) is 0 Å². The molecule has 0 spiro atoms. The van der Waals surface area contributed by atoms with Gasteiger partial charge in [-0.2, -0.15) is 0 Å². The molecule has 5 nitrogen and oxygen atoms in total. The molecule has 1 heterocycles. The second kappa shape index (κ2) is 7.04. The minimum Gasteiger partial charge on any atom is -0.449 e. The SMILES string of the molecule is Cc1cccc(C(=O)O[C@@H](C)C(=O)Nc2ccc(Cl)cn2)c1. The third kappa shape index (κ3) is 4.30. The molecule has 22 heavy (non-hydrogen) atoms. The van der Waals surface area contributed by atoms with Crippen LogP contribution in [0.25, 0.3) is 0 Å². The summed E-state index contributed by atoms with van der Waals surface area (Å²) in [5.74, 6) is -0.668. The zero-order valence-electron chi connectivity index (χ0n) is 12.2. The van der Waals surface area contributed by atoms with Crippen LogP contribution in [0, 0.1) is 6.92 Å². The Hall–Kier alpha value is -2.40. The fourth-order valence-electron chi connectivity index (χ4n) is 1.73. The second-order valence-corrected chi connectivity index (χ2v) is 5.20. The lowest BCUT2D eigenvalue weighted by molar-refractivity contribution is -0.123. The number of hydrogen-bond donors (Lipinski definition) is 1. The molecule has 0 radical (unpaired) electrons. The van der Waals surface area contributed by atoms with E-state index in [4.69, 9.17) is 16.3 Å². The number of esters is 1.